The Kier molecular flexibility index (Phi) is 10.9. The SMILES string of the molecule is CCOc1cc(Cl)c(S(C)(=O)=O)cc1C1=NC(C)(c2ccc(Cl)cc2)C(C)(c2ccc(Cl)cc2)N1C(=O)N1CCN(CCS(C)=O)CC1. The summed E-state index contributed by atoms with van der Waals surface area (Å²) >= 11 is 19.2. The Labute approximate surface area is 300 Å². The molecule has 5 rings (SSSR count). The predicted molar refractivity (Wildman–Crippen MR) is 194 cm³/mol. The highest BCUT2D eigenvalue weighted by Crippen LogP contribution is 2.54. The highest BCUT2D eigenvalue weighted by atomic mass is 35.5. The van der Waals surface area contributed by atoms with Gasteiger partial charge in [-0.3, -0.25) is 19.0 Å². The number of aliphatic imine (C=N–C) groups is 1. The summed E-state index contributed by atoms with van der Waals surface area (Å²) in [7, 11) is -4.69. The van der Waals surface area contributed by atoms with E-state index in [4.69, 9.17) is 44.5 Å². The number of rotatable bonds is 9. The molecule has 2 amide bonds. The van der Waals surface area contributed by atoms with Crippen molar-refractivity contribution in [3.63, 3.8) is 0 Å². The van der Waals surface area contributed by atoms with E-state index in [-0.39, 0.29) is 28.4 Å². The lowest BCUT2D eigenvalue weighted by atomic mass is 9.71. The molecule has 0 saturated carbocycles. The molecule has 0 bridgehead atoms. The van der Waals surface area contributed by atoms with Gasteiger partial charge in [-0.1, -0.05) is 59.1 Å². The summed E-state index contributed by atoms with van der Waals surface area (Å²) < 4.78 is 43.6. The van der Waals surface area contributed by atoms with Gasteiger partial charge in [0.1, 0.15) is 22.7 Å². The fourth-order valence-electron chi connectivity index (χ4n) is 6.40. The van der Waals surface area contributed by atoms with Gasteiger partial charge in [-0.25, -0.2) is 13.2 Å². The summed E-state index contributed by atoms with van der Waals surface area (Å²) in [6, 6.07) is 17.2. The third kappa shape index (κ3) is 7.00. The Morgan fingerprint density at radius 1 is 0.938 bits per heavy atom. The molecule has 0 N–H and O–H groups in total. The fourth-order valence-corrected chi connectivity index (χ4v) is 8.48. The second-order valence-electron chi connectivity index (χ2n) is 12.3. The van der Waals surface area contributed by atoms with E-state index in [2.05, 4.69) is 4.90 Å². The van der Waals surface area contributed by atoms with E-state index in [1.54, 1.807) is 40.3 Å². The first-order valence-corrected chi connectivity index (χ1v) is 20.3. The normalized spacial score (nSPS) is 22.5. The van der Waals surface area contributed by atoms with Crippen LogP contribution in [0, 0.1) is 0 Å². The molecule has 0 aromatic heterocycles. The van der Waals surface area contributed by atoms with Crippen LogP contribution in [0.15, 0.2) is 70.6 Å². The third-order valence-corrected chi connectivity index (χ3v) is 12.1. The highest BCUT2D eigenvalue weighted by molar-refractivity contribution is 7.90. The van der Waals surface area contributed by atoms with Crippen LogP contribution in [0.1, 0.15) is 37.5 Å². The molecular weight excluding hydrogens is 715 g/mol. The average molecular weight is 754 g/mol. The maximum absolute atomic E-state index is 15.1. The summed E-state index contributed by atoms with van der Waals surface area (Å²) in [6.45, 7) is 8.74. The van der Waals surface area contributed by atoms with Crippen LogP contribution in [0.3, 0.4) is 0 Å². The summed E-state index contributed by atoms with van der Waals surface area (Å²) in [5.74, 6) is 1.09. The predicted octanol–water partition coefficient (Wildman–Crippen LogP) is 6.46. The van der Waals surface area contributed by atoms with Crippen LogP contribution in [0.5, 0.6) is 5.75 Å². The average Bonchev–Trinajstić information content (AvgIpc) is 3.28. The monoisotopic (exact) mass is 752 g/mol. The maximum atomic E-state index is 15.1. The number of carbonyl (C=O) groups is 1. The van der Waals surface area contributed by atoms with Gasteiger partial charge in [-0.15, -0.1) is 0 Å². The number of nitrogens with zero attached hydrogens (tertiary/aromatic N) is 4. The number of halogens is 3. The molecule has 2 aliphatic heterocycles. The minimum absolute atomic E-state index is 0.00577. The van der Waals surface area contributed by atoms with Gasteiger partial charge >= 0.3 is 6.03 Å². The van der Waals surface area contributed by atoms with E-state index in [1.807, 2.05) is 45.0 Å². The smallest absolute Gasteiger partial charge is 0.326 e. The summed E-state index contributed by atoms with van der Waals surface area (Å²) in [5, 5.41) is 1.08. The van der Waals surface area contributed by atoms with Crippen molar-refractivity contribution >= 4 is 67.3 Å². The van der Waals surface area contributed by atoms with Crippen molar-refractivity contribution in [3.8, 4) is 5.75 Å². The summed E-state index contributed by atoms with van der Waals surface area (Å²) in [4.78, 5) is 26.0. The Bertz CT molecular complexity index is 1850. The largest absolute Gasteiger partial charge is 0.493 e. The topological polar surface area (TPSA) is 99.6 Å². The van der Waals surface area contributed by atoms with Crippen molar-refractivity contribution in [2.75, 3.05) is 57.6 Å². The van der Waals surface area contributed by atoms with Gasteiger partial charge in [0.15, 0.2) is 9.84 Å². The van der Waals surface area contributed by atoms with Crippen molar-refractivity contribution in [1.82, 2.24) is 14.7 Å². The molecule has 3 unspecified atom stereocenters. The van der Waals surface area contributed by atoms with Crippen LogP contribution >= 0.6 is 34.8 Å². The molecule has 3 aromatic rings. The van der Waals surface area contributed by atoms with Crippen LogP contribution in [-0.2, 0) is 31.7 Å². The van der Waals surface area contributed by atoms with E-state index in [0.717, 1.165) is 17.4 Å². The second kappa shape index (κ2) is 14.3. The molecule has 0 spiro atoms. The Morgan fingerprint density at radius 2 is 1.50 bits per heavy atom. The minimum atomic E-state index is -3.78. The van der Waals surface area contributed by atoms with Gasteiger partial charge in [0.2, 0.25) is 0 Å². The number of hydrogen-bond acceptors (Lipinski definition) is 7. The van der Waals surface area contributed by atoms with Crippen LogP contribution in [0.2, 0.25) is 15.1 Å². The zero-order valence-electron chi connectivity index (χ0n) is 27.5. The Balaban J connectivity index is 1.75. The quantitative estimate of drug-likeness (QED) is 0.249. The maximum Gasteiger partial charge on any atom is 0.326 e. The number of amides is 2. The highest BCUT2D eigenvalue weighted by Gasteiger charge is 2.60. The molecule has 2 heterocycles. The molecule has 48 heavy (non-hydrogen) atoms. The van der Waals surface area contributed by atoms with E-state index in [0.29, 0.717) is 59.8 Å². The molecule has 3 atom stereocenters. The second-order valence-corrected chi connectivity index (χ2v) is 17.1. The molecule has 0 radical (unpaired) electrons. The number of benzene rings is 3. The molecule has 3 aromatic carbocycles. The fraction of sp³-hybridized carbons (Fsp3) is 0.412. The van der Waals surface area contributed by atoms with E-state index >= 15 is 4.79 Å². The van der Waals surface area contributed by atoms with Crippen LogP contribution in [0.25, 0.3) is 0 Å². The van der Waals surface area contributed by atoms with Crippen molar-refractivity contribution in [2.45, 2.75) is 36.7 Å². The van der Waals surface area contributed by atoms with Gasteiger partial charge < -0.3 is 9.64 Å². The van der Waals surface area contributed by atoms with Gasteiger partial charge in [-0.05, 0) is 62.2 Å². The number of ether oxygens (including phenoxy) is 1. The van der Waals surface area contributed by atoms with Gasteiger partial charge in [0.25, 0.3) is 0 Å². The Morgan fingerprint density at radius 3 is 2.02 bits per heavy atom. The minimum Gasteiger partial charge on any atom is -0.493 e. The number of sulfone groups is 1. The Hall–Kier alpha value is -2.67. The molecule has 2 aliphatic rings. The molecule has 9 nitrogen and oxygen atoms in total. The van der Waals surface area contributed by atoms with E-state index in [9.17, 15) is 12.6 Å². The first-order chi connectivity index (χ1) is 22.6. The number of carbonyl (C=O) groups excluding carboxylic acids is 1. The number of hydrogen-bond donors (Lipinski definition) is 0. The molecule has 1 fully saturated rings. The van der Waals surface area contributed by atoms with Gasteiger partial charge in [0, 0.05) is 77.9 Å². The standard InChI is InChI=1S/C34H39Cl3N4O5S2/c1-6-46-29-22-28(37)30(48(5,44)45)21-27(29)31-38-33(2,23-7-11-25(35)12-8-23)34(3,24-9-13-26(36)14-10-24)41(31)32(42)40-17-15-39(16-18-40)19-20-47(4)43/h7-14,21-22H,6,15-20H2,1-5H3. The van der Waals surface area contributed by atoms with E-state index in [1.165, 1.54) is 12.1 Å². The lowest BCUT2D eigenvalue weighted by molar-refractivity contribution is 0.0881. The van der Waals surface area contributed by atoms with Crippen molar-refractivity contribution in [3.05, 3.63) is 92.4 Å². The molecule has 0 aliphatic carbocycles. The van der Waals surface area contributed by atoms with Crippen LogP contribution in [-0.4, -0.2) is 96.8 Å². The summed E-state index contributed by atoms with van der Waals surface area (Å²) in [6.07, 6.45) is 2.77. The molecule has 258 valence electrons. The number of piperazine rings is 1. The molecular formula is C34H39Cl3N4O5S2. The lowest BCUT2D eigenvalue weighted by Crippen LogP contribution is -2.60. The van der Waals surface area contributed by atoms with Crippen molar-refractivity contribution in [2.24, 2.45) is 4.99 Å². The molecule has 14 heteroatoms. The zero-order valence-corrected chi connectivity index (χ0v) is 31.4. The van der Waals surface area contributed by atoms with Gasteiger partial charge in [-0.2, -0.15) is 0 Å². The van der Waals surface area contributed by atoms with Gasteiger partial charge in [0.05, 0.1) is 22.1 Å². The number of urea groups is 1. The van der Waals surface area contributed by atoms with Crippen molar-refractivity contribution in [1.29, 1.82) is 0 Å². The van der Waals surface area contributed by atoms with E-state index < -0.39 is 31.7 Å². The number of amidine groups is 1. The third-order valence-electron chi connectivity index (χ3n) is 9.25. The summed E-state index contributed by atoms with van der Waals surface area (Å²) in [5.41, 5.74) is -0.419. The van der Waals surface area contributed by atoms with Crippen molar-refractivity contribution < 1.29 is 22.2 Å². The first-order valence-electron chi connectivity index (χ1n) is 15.5. The first kappa shape index (κ1) is 36.6. The molecule has 1 saturated heterocycles. The van der Waals surface area contributed by atoms with Crippen LogP contribution in [0.4, 0.5) is 4.79 Å². The zero-order chi connectivity index (χ0) is 35.0. The van der Waals surface area contributed by atoms with Crippen LogP contribution < -0.4 is 4.74 Å². The lowest BCUT2D eigenvalue weighted by Gasteiger charge is -2.47.